The minimum absolute atomic E-state index is 0.0941. The van der Waals surface area contributed by atoms with E-state index in [9.17, 15) is 9.18 Å². The number of hydrogen-bond donors (Lipinski definition) is 1. The summed E-state index contributed by atoms with van der Waals surface area (Å²) in [4.78, 5) is 11.7. The van der Waals surface area contributed by atoms with E-state index in [0.29, 0.717) is 11.5 Å². The molecule has 0 saturated carbocycles. The average molecular weight is 225 g/mol. The highest BCUT2D eigenvalue weighted by Crippen LogP contribution is 2.35. The van der Waals surface area contributed by atoms with Crippen molar-refractivity contribution in [2.75, 3.05) is 6.79 Å². The number of alkyl halides is 1. The summed E-state index contributed by atoms with van der Waals surface area (Å²) < 4.78 is 23.0. The summed E-state index contributed by atoms with van der Waals surface area (Å²) in [5.74, 6) is 0.626. The Labute approximate surface area is 92.1 Å². The van der Waals surface area contributed by atoms with E-state index < -0.39 is 12.7 Å². The van der Waals surface area contributed by atoms with E-state index in [1.807, 2.05) is 0 Å². The van der Waals surface area contributed by atoms with Crippen molar-refractivity contribution in [1.82, 2.24) is 0 Å². The molecule has 2 N–H and O–H groups in total. The van der Waals surface area contributed by atoms with E-state index in [-0.39, 0.29) is 23.7 Å². The van der Waals surface area contributed by atoms with Gasteiger partial charge in [-0.05, 0) is 24.6 Å². The van der Waals surface area contributed by atoms with Crippen LogP contribution in [0.1, 0.15) is 22.8 Å². The van der Waals surface area contributed by atoms with Crippen LogP contribution < -0.4 is 15.2 Å². The summed E-state index contributed by atoms with van der Waals surface area (Å²) >= 11 is 0. The van der Waals surface area contributed by atoms with E-state index in [1.54, 1.807) is 6.92 Å². The molecule has 0 aromatic heterocycles. The third kappa shape index (κ3) is 1.74. The minimum atomic E-state index is -0.732. The molecule has 5 heteroatoms. The third-order valence-corrected chi connectivity index (χ3v) is 2.42. The highest BCUT2D eigenvalue weighted by Gasteiger charge is 2.22. The fraction of sp³-hybridized carbons (Fsp3) is 0.364. The van der Waals surface area contributed by atoms with E-state index in [4.69, 9.17) is 15.2 Å². The molecule has 0 spiro atoms. The molecule has 1 aliphatic heterocycles. The summed E-state index contributed by atoms with van der Waals surface area (Å²) in [5, 5.41) is 0. The molecule has 0 radical (unpaired) electrons. The third-order valence-electron chi connectivity index (χ3n) is 2.42. The Bertz CT molecular complexity index is 431. The van der Waals surface area contributed by atoms with E-state index in [2.05, 4.69) is 0 Å². The molecule has 1 aromatic carbocycles. The van der Waals surface area contributed by atoms with Gasteiger partial charge >= 0.3 is 0 Å². The van der Waals surface area contributed by atoms with Crippen molar-refractivity contribution in [1.29, 1.82) is 0 Å². The smallest absolute Gasteiger partial charge is 0.231 e. The molecule has 16 heavy (non-hydrogen) atoms. The maximum Gasteiger partial charge on any atom is 0.231 e. The molecule has 4 nitrogen and oxygen atoms in total. The second-order valence-electron chi connectivity index (χ2n) is 3.65. The zero-order valence-electron chi connectivity index (χ0n) is 8.83. The van der Waals surface area contributed by atoms with Crippen LogP contribution in [0.2, 0.25) is 0 Å². The highest BCUT2D eigenvalue weighted by molar-refractivity contribution is 6.01. The first-order valence-electron chi connectivity index (χ1n) is 4.91. The highest BCUT2D eigenvalue weighted by atomic mass is 19.1. The number of rotatable bonds is 3. The molecule has 1 aliphatic rings. The Hall–Kier alpha value is -1.62. The van der Waals surface area contributed by atoms with E-state index in [1.165, 1.54) is 12.1 Å². The number of nitrogens with two attached hydrogens (primary N) is 1. The molecular formula is C11H12FNO3. The Morgan fingerprint density at radius 1 is 1.50 bits per heavy atom. The number of hydrogen-bond acceptors (Lipinski definition) is 4. The predicted molar refractivity (Wildman–Crippen MR) is 55.4 cm³/mol. The number of carbonyl (C=O) groups is 1. The summed E-state index contributed by atoms with van der Waals surface area (Å²) in [6, 6.07) is 2.31. The number of benzene rings is 1. The van der Waals surface area contributed by atoms with Crippen molar-refractivity contribution in [3.63, 3.8) is 0 Å². The molecule has 0 bridgehead atoms. The average Bonchev–Trinajstić information content (AvgIpc) is 2.72. The van der Waals surface area contributed by atoms with Crippen molar-refractivity contribution >= 4 is 5.78 Å². The molecule has 1 aromatic rings. The van der Waals surface area contributed by atoms with Crippen molar-refractivity contribution in [3.8, 4) is 11.5 Å². The van der Waals surface area contributed by atoms with Gasteiger partial charge in [0.05, 0.1) is 6.04 Å². The lowest BCUT2D eigenvalue weighted by Crippen LogP contribution is -2.27. The first-order valence-corrected chi connectivity index (χ1v) is 4.91. The van der Waals surface area contributed by atoms with Gasteiger partial charge in [0, 0.05) is 5.56 Å². The van der Waals surface area contributed by atoms with Gasteiger partial charge in [-0.25, -0.2) is 4.39 Å². The van der Waals surface area contributed by atoms with Crippen LogP contribution in [0.3, 0.4) is 0 Å². The SMILES string of the molecule is CC(N)C(=O)c1cc2c(cc1CF)OCO2. The van der Waals surface area contributed by atoms with Crippen LogP contribution in [0.25, 0.3) is 0 Å². The summed E-state index contributed by atoms with van der Waals surface area (Å²) in [7, 11) is 0. The number of ether oxygens (including phenoxy) is 2. The van der Waals surface area contributed by atoms with Crippen LogP contribution in [0, 0.1) is 0 Å². The van der Waals surface area contributed by atoms with Gasteiger partial charge in [-0.2, -0.15) is 0 Å². The Kier molecular flexibility index (Phi) is 2.78. The first-order chi connectivity index (χ1) is 7.63. The van der Waals surface area contributed by atoms with Gasteiger partial charge in [0.25, 0.3) is 0 Å². The topological polar surface area (TPSA) is 61.6 Å². The summed E-state index contributed by atoms with van der Waals surface area (Å²) in [6.45, 7) is 0.927. The van der Waals surface area contributed by atoms with Crippen LogP contribution >= 0.6 is 0 Å². The second kappa shape index (κ2) is 4.09. The van der Waals surface area contributed by atoms with Crippen LogP contribution in [-0.4, -0.2) is 18.6 Å². The lowest BCUT2D eigenvalue weighted by atomic mass is 10.00. The quantitative estimate of drug-likeness (QED) is 0.790. The normalized spacial score (nSPS) is 14.9. The monoisotopic (exact) mass is 225 g/mol. The molecule has 0 saturated heterocycles. The Balaban J connectivity index is 2.47. The van der Waals surface area contributed by atoms with Crippen LogP contribution in [0.15, 0.2) is 12.1 Å². The molecule has 0 amide bonds. The Morgan fingerprint density at radius 2 is 2.12 bits per heavy atom. The van der Waals surface area contributed by atoms with E-state index in [0.717, 1.165) is 0 Å². The standard InChI is InChI=1S/C11H12FNO3/c1-6(13)11(14)8-3-10-9(15-5-16-10)2-7(8)4-12/h2-3,6H,4-5,13H2,1H3. The number of halogens is 1. The Morgan fingerprint density at radius 3 is 2.69 bits per heavy atom. The van der Waals surface area contributed by atoms with Gasteiger partial charge in [0.15, 0.2) is 17.3 Å². The largest absolute Gasteiger partial charge is 0.454 e. The van der Waals surface area contributed by atoms with Gasteiger partial charge in [-0.3, -0.25) is 4.79 Å². The van der Waals surface area contributed by atoms with Gasteiger partial charge in [-0.15, -0.1) is 0 Å². The minimum Gasteiger partial charge on any atom is -0.454 e. The molecule has 0 fully saturated rings. The first kappa shape index (κ1) is 10.9. The zero-order valence-corrected chi connectivity index (χ0v) is 8.83. The van der Waals surface area contributed by atoms with Crippen LogP contribution in [0.4, 0.5) is 4.39 Å². The number of carbonyl (C=O) groups excluding carboxylic acids is 1. The molecule has 1 heterocycles. The van der Waals surface area contributed by atoms with Crippen LogP contribution in [-0.2, 0) is 6.67 Å². The summed E-state index contributed by atoms with van der Waals surface area (Å²) in [5.41, 5.74) is 6.04. The molecular weight excluding hydrogens is 213 g/mol. The van der Waals surface area contributed by atoms with Crippen molar-refractivity contribution in [3.05, 3.63) is 23.3 Å². The van der Waals surface area contributed by atoms with Gasteiger partial charge < -0.3 is 15.2 Å². The maximum absolute atomic E-state index is 12.8. The number of ketones is 1. The predicted octanol–water partition coefficient (Wildman–Crippen LogP) is 1.41. The van der Waals surface area contributed by atoms with Crippen molar-refractivity contribution < 1.29 is 18.7 Å². The molecule has 0 aliphatic carbocycles. The fourth-order valence-electron chi connectivity index (χ4n) is 1.57. The number of fused-ring (bicyclic) bond motifs is 1. The van der Waals surface area contributed by atoms with Gasteiger partial charge in [0.1, 0.15) is 6.67 Å². The second-order valence-corrected chi connectivity index (χ2v) is 3.65. The number of Topliss-reactive ketones (excluding diaryl/α,β-unsaturated/α-hetero) is 1. The van der Waals surface area contributed by atoms with Crippen LogP contribution in [0.5, 0.6) is 11.5 Å². The molecule has 1 atom stereocenters. The lowest BCUT2D eigenvalue weighted by molar-refractivity contribution is 0.0966. The van der Waals surface area contributed by atoms with E-state index >= 15 is 0 Å². The molecule has 1 unspecified atom stereocenters. The fourth-order valence-corrected chi connectivity index (χ4v) is 1.57. The van der Waals surface area contributed by atoms with Gasteiger partial charge in [0.2, 0.25) is 6.79 Å². The van der Waals surface area contributed by atoms with Crippen molar-refractivity contribution in [2.24, 2.45) is 5.73 Å². The lowest BCUT2D eigenvalue weighted by Gasteiger charge is -2.09. The zero-order chi connectivity index (χ0) is 11.7. The van der Waals surface area contributed by atoms with Crippen molar-refractivity contribution in [2.45, 2.75) is 19.6 Å². The summed E-state index contributed by atoms with van der Waals surface area (Å²) in [6.07, 6.45) is 0. The maximum atomic E-state index is 12.8. The van der Waals surface area contributed by atoms with Gasteiger partial charge in [-0.1, -0.05) is 0 Å². The molecule has 2 rings (SSSR count). The molecule has 86 valence electrons.